The number of nitrogens with zero attached hydrogens (tertiary/aromatic N) is 5. The quantitative estimate of drug-likeness (QED) is 0.816. The molecule has 0 unspecified atom stereocenters. The fourth-order valence-electron chi connectivity index (χ4n) is 3.06. The molecule has 3 rings (SSSR count). The lowest BCUT2D eigenvalue weighted by Crippen LogP contribution is -2.46. The van der Waals surface area contributed by atoms with Gasteiger partial charge >= 0.3 is 0 Å². The highest BCUT2D eigenvalue weighted by molar-refractivity contribution is 6.31. The lowest BCUT2D eigenvalue weighted by Gasteiger charge is -2.34. The first kappa shape index (κ1) is 18.0. The second-order valence-electron chi connectivity index (χ2n) is 6.21. The van der Waals surface area contributed by atoms with Crippen LogP contribution < -0.4 is 4.90 Å². The molecule has 0 saturated carbocycles. The predicted octanol–water partition coefficient (Wildman–Crippen LogP) is 3.11. The van der Waals surface area contributed by atoms with Crippen molar-refractivity contribution in [2.75, 3.05) is 31.1 Å². The minimum absolute atomic E-state index is 0.300. The molecule has 25 heavy (non-hydrogen) atoms. The molecule has 0 aliphatic carbocycles. The van der Waals surface area contributed by atoms with Crippen molar-refractivity contribution >= 4 is 17.5 Å². The molecule has 0 N–H and O–H groups in total. The predicted molar refractivity (Wildman–Crippen MR) is 97.5 cm³/mol. The summed E-state index contributed by atoms with van der Waals surface area (Å²) >= 11 is 6.13. The van der Waals surface area contributed by atoms with Gasteiger partial charge in [-0.2, -0.15) is 5.10 Å². The monoisotopic (exact) mass is 363 g/mol. The van der Waals surface area contributed by atoms with Crippen LogP contribution in [0.25, 0.3) is 0 Å². The number of hydrogen-bond acceptors (Lipinski definition) is 5. The van der Waals surface area contributed by atoms with Gasteiger partial charge in [0.1, 0.15) is 5.82 Å². The van der Waals surface area contributed by atoms with Crippen molar-refractivity contribution in [3.63, 3.8) is 0 Å². The Balaban J connectivity index is 1.62. The Kier molecular flexibility index (Phi) is 5.81. The SMILES string of the molecule is CCc1nnc(N2CCN(Cc3ccc(F)cc3Cl)CC2)nc1CC. The minimum Gasteiger partial charge on any atom is -0.337 e. The minimum atomic E-state index is -0.300. The molecular formula is C18H23ClFN5. The lowest BCUT2D eigenvalue weighted by molar-refractivity contribution is 0.248. The second kappa shape index (κ2) is 8.06. The molecule has 0 radical (unpaired) electrons. The molecule has 1 fully saturated rings. The third kappa shape index (κ3) is 4.25. The van der Waals surface area contributed by atoms with Crippen LogP contribution in [-0.2, 0) is 19.4 Å². The van der Waals surface area contributed by atoms with E-state index in [1.807, 2.05) is 0 Å². The van der Waals surface area contributed by atoms with Gasteiger partial charge in [-0.3, -0.25) is 4.90 Å². The van der Waals surface area contributed by atoms with Gasteiger partial charge in [-0.25, -0.2) is 9.37 Å². The molecule has 0 bridgehead atoms. The smallest absolute Gasteiger partial charge is 0.245 e. The van der Waals surface area contributed by atoms with Gasteiger partial charge in [0.25, 0.3) is 0 Å². The summed E-state index contributed by atoms with van der Waals surface area (Å²) in [6.45, 7) is 8.34. The van der Waals surface area contributed by atoms with Crippen molar-refractivity contribution in [1.29, 1.82) is 0 Å². The third-order valence-corrected chi connectivity index (χ3v) is 4.91. The number of rotatable bonds is 5. The average molecular weight is 364 g/mol. The molecule has 2 aromatic rings. The average Bonchev–Trinajstić information content (AvgIpc) is 2.64. The maximum atomic E-state index is 13.2. The van der Waals surface area contributed by atoms with Crippen LogP contribution in [0, 0.1) is 5.82 Å². The fraction of sp³-hybridized carbons (Fsp3) is 0.500. The van der Waals surface area contributed by atoms with E-state index in [4.69, 9.17) is 11.6 Å². The third-order valence-electron chi connectivity index (χ3n) is 4.56. The van der Waals surface area contributed by atoms with Crippen LogP contribution in [0.5, 0.6) is 0 Å². The van der Waals surface area contributed by atoms with Crippen molar-refractivity contribution in [2.45, 2.75) is 33.2 Å². The van der Waals surface area contributed by atoms with Crippen molar-refractivity contribution in [3.05, 3.63) is 46.0 Å². The molecule has 1 saturated heterocycles. The number of aryl methyl sites for hydroxylation is 2. The van der Waals surface area contributed by atoms with Gasteiger partial charge in [-0.05, 0) is 30.5 Å². The summed E-state index contributed by atoms with van der Waals surface area (Å²) in [5, 5.41) is 9.11. The van der Waals surface area contributed by atoms with E-state index in [-0.39, 0.29) is 5.82 Å². The largest absolute Gasteiger partial charge is 0.337 e. The Hall–Kier alpha value is -1.79. The van der Waals surface area contributed by atoms with Crippen LogP contribution in [0.1, 0.15) is 30.8 Å². The molecule has 5 nitrogen and oxygen atoms in total. The molecule has 0 atom stereocenters. The maximum Gasteiger partial charge on any atom is 0.245 e. The van der Waals surface area contributed by atoms with Gasteiger partial charge in [0.05, 0.1) is 11.4 Å². The second-order valence-corrected chi connectivity index (χ2v) is 6.62. The summed E-state index contributed by atoms with van der Waals surface area (Å²) in [6.07, 6.45) is 1.73. The Morgan fingerprint density at radius 2 is 1.76 bits per heavy atom. The molecule has 2 heterocycles. The summed E-state index contributed by atoms with van der Waals surface area (Å²) in [4.78, 5) is 9.17. The summed E-state index contributed by atoms with van der Waals surface area (Å²) in [5.74, 6) is 0.416. The zero-order valence-electron chi connectivity index (χ0n) is 14.7. The van der Waals surface area contributed by atoms with Crippen LogP contribution in [0.15, 0.2) is 18.2 Å². The van der Waals surface area contributed by atoms with E-state index in [1.54, 1.807) is 6.07 Å². The highest BCUT2D eigenvalue weighted by atomic mass is 35.5. The first-order valence-electron chi connectivity index (χ1n) is 8.74. The Labute approximate surface area is 152 Å². The van der Waals surface area contributed by atoms with Gasteiger partial charge in [0.15, 0.2) is 0 Å². The lowest BCUT2D eigenvalue weighted by atomic mass is 10.2. The van der Waals surface area contributed by atoms with Crippen molar-refractivity contribution in [2.24, 2.45) is 0 Å². The van der Waals surface area contributed by atoms with E-state index >= 15 is 0 Å². The normalized spacial score (nSPS) is 15.6. The Morgan fingerprint density at radius 1 is 1.04 bits per heavy atom. The van der Waals surface area contributed by atoms with Gasteiger partial charge in [-0.1, -0.05) is 31.5 Å². The van der Waals surface area contributed by atoms with E-state index in [2.05, 4.69) is 38.8 Å². The zero-order valence-corrected chi connectivity index (χ0v) is 15.4. The number of halogens is 2. The first-order chi connectivity index (χ1) is 12.1. The van der Waals surface area contributed by atoms with Crippen molar-refractivity contribution < 1.29 is 4.39 Å². The number of piperazine rings is 1. The summed E-state index contributed by atoms with van der Waals surface area (Å²) in [5.41, 5.74) is 2.97. The molecular weight excluding hydrogens is 341 g/mol. The number of benzene rings is 1. The van der Waals surface area contributed by atoms with Crippen LogP contribution in [0.3, 0.4) is 0 Å². The molecule has 7 heteroatoms. The fourth-order valence-corrected chi connectivity index (χ4v) is 3.29. The van der Waals surface area contributed by atoms with E-state index in [0.29, 0.717) is 11.0 Å². The molecule has 0 amide bonds. The molecule has 1 aliphatic rings. The van der Waals surface area contributed by atoms with E-state index in [1.165, 1.54) is 12.1 Å². The maximum absolute atomic E-state index is 13.2. The number of anilines is 1. The molecule has 1 aromatic carbocycles. The van der Waals surface area contributed by atoms with Crippen LogP contribution in [0.2, 0.25) is 5.02 Å². The Bertz CT molecular complexity index is 731. The van der Waals surface area contributed by atoms with Crippen molar-refractivity contribution in [1.82, 2.24) is 20.1 Å². The zero-order chi connectivity index (χ0) is 17.8. The molecule has 1 aromatic heterocycles. The summed E-state index contributed by atoms with van der Waals surface area (Å²) < 4.78 is 13.2. The standard InChI is InChI=1S/C18H23ClFN5/c1-3-16-17(4-2)22-23-18(21-16)25-9-7-24(8-10-25)12-13-5-6-14(20)11-15(13)19/h5-6,11H,3-4,7-10,12H2,1-2H3. The van der Waals surface area contributed by atoms with Crippen LogP contribution >= 0.6 is 11.6 Å². The highest BCUT2D eigenvalue weighted by Gasteiger charge is 2.21. The van der Waals surface area contributed by atoms with Crippen LogP contribution in [0.4, 0.5) is 10.3 Å². The topological polar surface area (TPSA) is 45.2 Å². The molecule has 134 valence electrons. The highest BCUT2D eigenvalue weighted by Crippen LogP contribution is 2.20. The van der Waals surface area contributed by atoms with Crippen LogP contribution in [-0.4, -0.2) is 46.3 Å². The molecule has 0 spiro atoms. The number of hydrogen-bond donors (Lipinski definition) is 0. The van der Waals surface area contributed by atoms with Crippen molar-refractivity contribution in [3.8, 4) is 0 Å². The van der Waals surface area contributed by atoms with Gasteiger partial charge in [0, 0.05) is 37.7 Å². The molecule has 1 aliphatic heterocycles. The first-order valence-corrected chi connectivity index (χ1v) is 9.12. The summed E-state index contributed by atoms with van der Waals surface area (Å²) in [7, 11) is 0. The van der Waals surface area contributed by atoms with E-state index < -0.39 is 0 Å². The Morgan fingerprint density at radius 3 is 2.40 bits per heavy atom. The summed E-state index contributed by atoms with van der Waals surface area (Å²) in [6, 6.07) is 4.58. The van der Waals surface area contributed by atoms with Gasteiger partial charge < -0.3 is 4.90 Å². The van der Waals surface area contributed by atoms with E-state index in [9.17, 15) is 4.39 Å². The van der Waals surface area contributed by atoms with E-state index in [0.717, 1.165) is 62.5 Å². The van der Waals surface area contributed by atoms with Gasteiger partial charge in [-0.15, -0.1) is 5.10 Å². The number of aromatic nitrogens is 3. The van der Waals surface area contributed by atoms with Gasteiger partial charge in [0.2, 0.25) is 5.95 Å².